The molecule has 7 heteroatoms. The van der Waals surface area contributed by atoms with Crippen molar-refractivity contribution in [3.05, 3.63) is 36.2 Å². The average molecular weight is 316 g/mol. The van der Waals surface area contributed by atoms with Crippen LogP contribution in [-0.4, -0.2) is 43.6 Å². The highest BCUT2D eigenvalue weighted by Gasteiger charge is 2.36. The first-order valence-corrected chi connectivity index (χ1v) is 8.16. The third kappa shape index (κ3) is 3.44. The largest absolute Gasteiger partial charge is 0.348 e. The summed E-state index contributed by atoms with van der Waals surface area (Å²) in [6.45, 7) is 4.33. The molecule has 1 fully saturated rings. The van der Waals surface area contributed by atoms with Crippen molar-refractivity contribution in [1.82, 2.24) is 30.0 Å². The molecule has 1 aliphatic rings. The van der Waals surface area contributed by atoms with Crippen molar-refractivity contribution >= 4 is 5.91 Å². The minimum Gasteiger partial charge on any atom is -0.348 e. The number of amides is 1. The SMILES string of the molecule is CCN1C(=O)CC[C@H](CNCc2ncc[nH]2)[C@H]1c1cnn(C)c1. The maximum atomic E-state index is 12.3. The number of carbonyl (C=O) groups excluding carboxylic acids is 1. The van der Waals surface area contributed by atoms with Crippen molar-refractivity contribution < 1.29 is 4.79 Å². The van der Waals surface area contributed by atoms with Crippen molar-refractivity contribution in [1.29, 1.82) is 0 Å². The van der Waals surface area contributed by atoms with Gasteiger partial charge in [-0.2, -0.15) is 5.10 Å². The van der Waals surface area contributed by atoms with Gasteiger partial charge in [0.2, 0.25) is 5.91 Å². The molecule has 0 aliphatic carbocycles. The fraction of sp³-hybridized carbons (Fsp3) is 0.562. The van der Waals surface area contributed by atoms with Gasteiger partial charge in [-0.1, -0.05) is 0 Å². The lowest BCUT2D eigenvalue weighted by atomic mass is 9.85. The van der Waals surface area contributed by atoms with E-state index in [0.717, 1.165) is 30.9 Å². The molecule has 2 atom stereocenters. The van der Waals surface area contributed by atoms with Gasteiger partial charge in [-0.25, -0.2) is 4.98 Å². The molecule has 0 radical (unpaired) electrons. The zero-order chi connectivity index (χ0) is 16.2. The minimum absolute atomic E-state index is 0.0963. The highest BCUT2D eigenvalue weighted by Crippen LogP contribution is 2.36. The number of imidazole rings is 1. The Bertz CT molecular complexity index is 635. The van der Waals surface area contributed by atoms with Crippen LogP contribution in [0.25, 0.3) is 0 Å². The van der Waals surface area contributed by atoms with Gasteiger partial charge in [0.25, 0.3) is 0 Å². The molecule has 1 saturated heterocycles. The first-order valence-electron chi connectivity index (χ1n) is 8.16. The van der Waals surface area contributed by atoms with Crippen molar-refractivity contribution in [3.8, 4) is 0 Å². The summed E-state index contributed by atoms with van der Waals surface area (Å²) in [7, 11) is 1.91. The van der Waals surface area contributed by atoms with E-state index in [-0.39, 0.29) is 11.9 Å². The number of aromatic amines is 1. The topological polar surface area (TPSA) is 78.8 Å². The van der Waals surface area contributed by atoms with Gasteiger partial charge in [-0.05, 0) is 19.3 Å². The van der Waals surface area contributed by atoms with Crippen LogP contribution in [0.5, 0.6) is 0 Å². The van der Waals surface area contributed by atoms with Gasteiger partial charge in [0.05, 0.1) is 18.8 Å². The third-order valence-corrected chi connectivity index (χ3v) is 4.49. The Kier molecular flexibility index (Phi) is 4.76. The van der Waals surface area contributed by atoms with Crippen LogP contribution >= 0.6 is 0 Å². The smallest absolute Gasteiger partial charge is 0.223 e. The standard InChI is InChI=1S/C16H24N6O/c1-3-22-15(23)5-4-12(8-17-10-14-18-6-7-19-14)16(22)13-9-20-21(2)11-13/h6-7,9,11-12,16-17H,3-5,8,10H2,1-2H3,(H,18,19)/t12-,16+/m1/s1. The summed E-state index contributed by atoms with van der Waals surface area (Å²) in [5.74, 6) is 1.55. The quantitative estimate of drug-likeness (QED) is 0.840. The lowest BCUT2D eigenvalue weighted by Gasteiger charge is -2.40. The minimum atomic E-state index is 0.0963. The van der Waals surface area contributed by atoms with E-state index in [9.17, 15) is 4.79 Å². The number of aromatic nitrogens is 4. The number of hydrogen-bond acceptors (Lipinski definition) is 4. The Morgan fingerprint density at radius 3 is 3.00 bits per heavy atom. The van der Waals surface area contributed by atoms with Crippen molar-refractivity contribution in [2.24, 2.45) is 13.0 Å². The summed E-state index contributed by atoms with van der Waals surface area (Å²) >= 11 is 0. The molecule has 1 amide bonds. The van der Waals surface area contributed by atoms with Gasteiger partial charge < -0.3 is 15.2 Å². The van der Waals surface area contributed by atoms with Crippen LogP contribution in [0, 0.1) is 5.92 Å². The highest BCUT2D eigenvalue weighted by atomic mass is 16.2. The molecule has 3 rings (SSSR count). The molecule has 23 heavy (non-hydrogen) atoms. The number of carbonyl (C=O) groups is 1. The van der Waals surface area contributed by atoms with Crippen molar-refractivity contribution in [3.63, 3.8) is 0 Å². The van der Waals surface area contributed by atoms with Gasteiger partial charge in [-0.15, -0.1) is 0 Å². The average Bonchev–Trinajstić information content (AvgIpc) is 3.20. The monoisotopic (exact) mass is 316 g/mol. The first kappa shape index (κ1) is 15.7. The fourth-order valence-electron chi connectivity index (χ4n) is 3.42. The Morgan fingerprint density at radius 2 is 2.35 bits per heavy atom. The zero-order valence-corrected chi connectivity index (χ0v) is 13.7. The second-order valence-electron chi connectivity index (χ2n) is 6.04. The van der Waals surface area contributed by atoms with E-state index in [0.29, 0.717) is 18.9 Å². The number of nitrogens with zero attached hydrogens (tertiary/aromatic N) is 4. The number of rotatable bonds is 6. The van der Waals surface area contributed by atoms with E-state index in [2.05, 4.69) is 20.4 Å². The Balaban J connectivity index is 1.71. The summed E-state index contributed by atoms with van der Waals surface area (Å²) in [5.41, 5.74) is 1.12. The molecule has 2 aromatic heterocycles. The van der Waals surface area contributed by atoms with E-state index in [1.54, 1.807) is 10.9 Å². The summed E-state index contributed by atoms with van der Waals surface area (Å²) in [5, 5.41) is 7.75. The lowest BCUT2D eigenvalue weighted by Crippen LogP contribution is -2.45. The van der Waals surface area contributed by atoms with Crippen LogP contribution < -0.4 is 5.32 Å². The number of piperidine rings is 1. The molecule has 2 N–H and O–H groups in total. The molecule has 2 aromatic rings. The predicted molar refractivity (Wildman–Crippen MR) is 86.4 cm³/mol. The molecule has 7 nitrogen and oxygen atoms in total. The van der Waals surface area contributed by atoms with Gasteiger partial charge >= 0.3 is 0 Å². The molecular weight excluding hydrogens is 292 g/mol. The normalized spacial score (nSPS) is 21.8. The highest BCUT2D eigenvalue weighted by molar-refractivity contribution is 5.77. The second-order valence-corrected chi connectivity index (χ2v) is 6.04. The second kappa shape index (κ2) is 6.95. The molecule has 0 saturated carbocycles. The van der Waals surface area contributed by atoms with E-state index in [1.807, 2.05) is 37.5 Å². The van der Waals surface area contributed by atoms with Crippen molar-refractivity contribution in [2.45, 2.75) is 32.4 Å². The molecule has 0 aromatic carbocycles. The Hall–Kier alpha value is -2.15. The maximum absolute atomic E-state index is 12.3. The number of likely N-dealkylation sites (tertiary alicyclic amines) is 1. The van der Waals surface area contributed by atoms with Gasteiger partial charge in [0.1, 0.15) is 5.82 Å². The fourth-order valence-corrected chi connectivity index (χ4v) is 3.42. The number of H-pyrrole nitrogens is 1. The predicted octanol–water partition coefficient (Wildman–Crippen LogP) is 1.23. The Morgan fingerprint density at radius 1 is 1.48 bits per heavy atom. The summed E-state index contributed by atoms with van der Waals surface area (Å²) in [6, 6.07) is 0.0963. The van der Waals surface area contributed by atoms with E-state index >= 15 is 0 Å². The van der Waals surface area contributed by atoms with Crippen molar-refractivity contribution in [2.75, 3.05) is 13.1 Å². The number of nitrogens with one attached hydrogen (secondary N) is 2. The molecule has 0 spiro atoms. The number of hydrogen-bond donors (Lipinski definition) is 2. The van der Waals surface area contributed by atoms with Gasteiger partial charge in [0, 0.05) is 50.7 Å². The molecule has 0 unspecified atom stereocenters. The van der Waals surface area contributed by atoms with Crippen LogP contribution in [0.1, 0.15) is 37.2 Å². The summed E-state index contributed by atoms with van der Waals surface area (Å²) in [6.07, 6.45) is 9.01. The molecule has 3 heterocycles. The number of aryl methyl sites for hydroxylation is 1. The van der Waals surface area contributed by atoms with Crippen LogP contribution in [0.15, 0.2) is 24.8 Å². The molecule has 0 bridgehead atoms. The van der Waals surface area contributed by atoms with Crippen LogP contribution in [0.4, 0.5) is 0 Å². The maximum Gasteiger partial charge on any atom is 0.223 e. The van der Waals surface area contributed by atoms with Crippen LogP contribution in [-0.2, 0) is 18.4 Å². The van der Waals surface area contributed by atoms with Gasteiger partial charge in [0.15, 0.2) is 0 Å². The molecule has 124 valence electrons. The van der Waals surface area contributed by atoms with Gasteiger partial charge in [-0.3, -0.25) is 9.48 Å². The zero-order valence-electron chi connectivity index (χ0n) is 13.7. The summed E-state index contributed by atoms with van der Waals surface area (Å²) in [4.78, 5) is 21.6. The van der Waals surface area contributed by atoms with Crippen LogP contribution in [0.2, 0.25) is 0 Å². The van der Waals surface area contributed by atoms with E-state index < -0.39 is 0 Å². The third-order valence-electron chi connectivity index (χ3n) is 4.49. The Labute approximate surface area is 136 Å². The summed E-state index contributed by atoms with van der Waals surface area (Å²) < 4.78 is 1.80. The first-order chi connectivity index (χ1) is 11.2. The van der Waals surface area contributed by atoms with E-state index in [1.165, 1.54) is 0 Å². The van der Waals surface area contributed by atoms with E-state index in [4.69, 9.17) is 0 Å². The molecular formula is C16H24N6O. The lowest BCUT2D eigenvalue weighted by molar-refractivity contribution is -0.138. The molecule has 1 aliphatic heterocycles. The van der Waals surface area contributed by atoms with Crippen LogP contribution in [0.3, 0.4) is 0 Å².